The van der Waals surface area contributed by atoms with Crippen LogP contribution in [0.15, 0.2) is 22.9 Å². The molecule has 3 aromatic heterocycles. The summed E-state index contributed by atoms with van der Waals surface area (Å²) in [7, 11) is 0. The predicted molar refractivity (Wildman–Crippen MR) is 76.9 cm³/mol. The van der Waals surface area contributed by atoms with Crippen LogP contribution in [0.1, 0.15) is 35.8 Å². The number of aryl methyl sites for hydroxylation is 2. The molecule has 3 rings (SSSR count). The minimum atomic E-state index is 0.0231. The molecule has 1 unspecified atom stereocenters. The monoisotopic (exact) mass is 290 g/mol. The van der Waals surface area contributed by atoms with Gasteiger partial charge >= 0.3 is 0 Å². The lowest BCUT2D eigenvalue weighted by Gasteiger charge is -2.16. The van der Waals surface area contributed by atoms with E-state index in [1.54, 1.807) is 6.20 Å². The van der Waals surface area contributed by atoms with Crippen molar-refractivity contribution in [2.75, 3.05) is 0 Å². The van der Waals surface area contributed by atoms with Crippen LogP contribution in [-0.4, -0.2) is 19.7 Å². The Bertz CT molecular complexity index is 742. The summed E-state index contributed by atoms with van der Waals surface area (Å²) in [4.78, 5) is 8.97. The molecule has 3 heterocycles. The maximum absolute atomic E-state index is 6.04. The average Bonchev–Trinajstić information content (AvgIpc) is 2.98. The van der Waals surface area contributed by atoms with Crippen LogP contribution in [0.3, 0.4) is 0 Å². The Hall–Kier alpha value is -1.88. The van der Waals surface area contributed by atoms with Crippen molar-refractivity contribution in [3.63, 3.8) is 0 Å². The maximum atomic E-state index is 6.04. The van der Waals surface area contributed by atoms with Gasteiger partial charge in [-0.3, -0.25) is 0 Å². The van der Waals surface area contributed by atoms with Crippen molar-refractivity contribution in [2.24, 2.45) is 0 Å². The predicted octanol–water partition coefficient (Wildman–Crippen LogP) is 3.38. The molecule has 5 nitrogen and oxygen atoms in total. The smallest absolute Gasteiger partial charge is 0.160 e. The molecule has 104 valence electrons. The van der Waals surface area contributed by atoms with Gasteiger partial charge in [0.2, 0.25) is 0 Å². The van der Waals surface area contributed by atoms with Crippen molar-refractivity contribution < 1.29 is 4.52 Å². The zero-order valence-electron chi connectivity index (χ0n) is 11.6. The van der Waals surface area contributed by atoms with Gasteiger partial charge in [0.05, 0.1) is 17.6 Å². The number of pyridine rings is 1. The molecule has 0 amide bonds. The Morgan fingerprint density at radius 2 is 2.20 bits per heavy atom. The van der Waals surface area contributed by atoms with Gasteiger partial charge in [0.1, 0.15) is 17.1 Å². The van der Waals surface area contributed by atoms with E-state index in [1.165, 1.54) is 0 Å². The van der Waals surface area contributed by atoms with Gasteiger partial charge in [-0.2, -0.15) is 0 Å². The van der Waals surface area contributed by atoms with Gasteiger partial charge in [-0.1, -0.05) is 5.16 Å². The number of aromatic nitrogens is 4. The Labute approximate surface area is 121 Å². The lowest BCUT2D eigenvalue weighted by molar-refractivity contribution is 0.391. The molecule has 0 aliphatic carbocycles. The van der Waals surface area contributed by atoms with E-state index < -0.39 is 0 Å². The van der Waals surface area contributed by atoms with E-state index in [9.17, 15) is 0 Å². The molecule has 1 atom stereocenters. The quantitative estimate of drug-likeness (QED) is 0.694. The summed E-state index contributed by atoms with van der Waals surface area (Å²) in [6.07, 6.45) is 1.76. The van der Waals surface area contributed by atoms with Gasteiger partial charge < -0.3 is 9.09 Å². The molecule has 0 aromatic carbocycles. The van der Waals surface area contributed by atoms with Crippen LogP contribution in [0.2, 0.25) is 0 Å². The first kappa shape index (κ1) is 13.1. The summed E-state index contributed by atoms with van der Waals surface area (Å²) in [6, 6.07) is 3.84. The van der Waals surface area contributed by atoms with Crippen LogP contribution < -0.4 is 0 Å². The summed E-state index contributed by atoms with van der Waals surface area (Å²) >= 11 is 6.04. The molecule has 20 heavy (non-hydrogen) atoms. The minimum absolute atomic E-state index is 0.0231. The van der Waals surface area contributed by atoms with Gasteiger partial charge in [-0.25, -0.2) is 9.97 Å². The van der Waals surface area contributed by atoms with Gasteiger partial charge in [0.25, 0.3) is 0 Å². The first-order chi connectivity index (χ1) is 9.63. The topological polar surface area (TPSA) is 56.7 Å². The number of alkyl halides is 1. The van der Waals surface area contributed by atoms with E-state index in [2.05, 4.69) is 26.6 Å². The molecule has 0 spiro atoms. The van der Waals surface area contributed by atoms with Gasteiger partial charge in [-0.15, -0.1) is 11.6 Å². The molecule has 0 bridgehead atoms. The van der Waals surface area contributed by atoms with Crippen molar-refractivity contribution >= 4 is 22.8 Å². The third-order valence-corrected chi connectivity index (χ3v) is 3.77. The normalized spacial score (nSPS) is 13.0. The standard InChI is InChI=1S/C14H15ClN4O/c1-8-13(10(3)20-18-8)9(2)19-12(7-15)17-11-5-4-6-16-14(11)19/h4-6,9H,7H2,1-3H3. The van der Waals surface area contributed by atoms with Crippen LogP contribution in [-0.2, 0) is 5.88 Å². The molecule has 3 aromatic rings. The minimum Gasteiger partial charge on any atom is -0.361 e. The second kappa shape index (κ2) is 4.90. The molecule has 0 aliphatic heterocycles. The Kier molecular flexibility index (Phi) is 3.22. The highest BCUT2D eigenvalue weighted by molar-refractivity contribution is 6.16. The maximum Gasteiger partial charge on any atom is 0.160 e. The van der Waals surface area contributed by atoms with E-state index >= 15 is 0 Å². The number of imidazole rings is 1. The number of hydrogen-bond acceptors (Lipinski definition) is 4. The summed E-state index contributed by atoms with van der Waals surface area (Å²) in [5, 5.41) is 4.02. The first-order valence-electron chi connectivity index (χ1n) is 6.44. The van der Waals surface area contributed by atoms with Crippen molar-refractivity contribution in [1.29, 1.82) is 0 Å². The second-order valence-electron chi connectivity index (χ2n) is 4.79. The molecular formula is C14H15ClN4O. The van der Waals surface area contributed by atoms with Crippen molar-refractivity contribution in [3.05, 3.63) is 41.2 Å². The highest BCUT2D eigenvalue weighted by Crippen LogP contribution is 2.29. The number of hydrogen-bond donors (Lipinski definition) is 0. The molecule has 0 saturated heterocycles. The Balaban J connectivity index is 2.23. The largest absolute Gasteiger partial charge is 0.361 e. The molecular weight excluding hydrogens is 276 g/mol. The molecule has 0 N–H and O–H groups in total. The van der Waals surface area contributed by atoms with Gasteiger partial charge in [0.15, 0.2) is 5.65 Å². The van der Waals surface area contributed by atoms with Crippen LogP contribution in [0.5, 0.6) is 0 Å². The lowest BCUT2D eigenvalue weighted by Crippen LogP contribution is -2.12. The summed E-state index contributed by atoms with van der Waals surface area (Å²) in [6.45, 7) is 5.94. The van der Waals surface area contributed by atoms with Crippen LogP contribution in [0.4, 0.5) is 0 Å². The lowest BCUT2D eigenvalue weighted by atomic mass is 10.1. The highest BCUT2D eigenvalue weighted by atomic mass is 35.5. The Morgan fingerprint density at radius 1 is 1.40 bits per heavy atom. The summed E-state index contributed by atoms with van der Waals surface area (Å²) < 4.78 is 7.31. The van der Waals surface area contributed by atoms with E-state index in [1.807, 2.05) is 26.0 Å². The van der Waals surface area contributed by atoms with Crippen LogP contribution >= 0.6 is 11.6 Å². The molecule has 0 saturated carbocycles. The van der Waals surface area contributed by atoms with E-state index in [4.69, 9.17) is 16.1 Å². The van der Waals surface area contributed by atoms with Crippen LogP contribution in [0.25, 0.3) is 11.2 Å². The fraction of sp³-hybridized carbons (Fsp3) is 0.357. The number of fused-ring (bicyclic) bond motifs is 1. The summed E-state index contributed by atoms with van der Waals surface area (Å²) in [5.74, 6) is 1.95. The van der Waals surface area contributed by atoms with E-state index in [0.717, 1.165) is 34.0 Å². The fourth-order valence-electron chi connectivity index (χ4n) is 2.69. The molecule has 6 heteroatoms. The van der Waals surface area contributed by atoms with Gasteiger partial charge in [-0.05, 0) is 32.9 Å². The van der Waals surface area contributed by atoms with Crippen molar-refractivity contribution in [2.45, 2.75) is 32.7 Å². The fourth-order valence-corrected chi connectivity index (χ4v) is 2.88. The number of halogens is 1. The van der Waals surface area contributed by atoms with Gasteiger partial charge in [0, 0.05) is 11.8 Å². The molecule has 0 fully saturated rings. The first-order valence-corrected chi connectivity index (χ1v) is 6.97. The SMILES string of the molecule is Cc1noc(C)c1C(C)n1c(CCl)nc2cccnc21. The van der Waals surface area contributed by atoms with Crippen molar-refractivity contribution in [1.82, 2.24) is 19.7 Å². The van der Waals surface area contributed by atoms with E-state index in [0.29, 0.717) is 5.88 Å². The zero-order chi connectivity index (χ0) is 14.3. The third kappa shape index (κ3) is 1.89. The van der Waals surface area contributed by atoms with Crippen LogP contribution in [0, 0.1) is 13.8 Å². The highest BCUT2D eigenvalue weighted by Gasteiger charge is 2.22. The van der Waals surface area contributed by atoms with Crippen molar-refractivity contribution in [3.8, 4) is 0 Å². The summed E-state index contributed by atoms with van der Waals surface area (Å²) in [5.41, 5.74) is 3.62. The molecule has 0 radical (unpaired) electrons. The Morgan fingerprint density at radius 3 is 2.85 bits per heavy atom. The van der Waals surface area contributed by atoms with E-state index in [-0.39, 0.29) is 6.04 Å². The molecule has 0 aliphatic rings. The number of rotatable bonds is 3. The number of nitrogens with zero attached hydrogens (tertiary/aromatic N) is 4. The second-order valence-corrected chi connectivity index (χ2v) is 5.06. The average molecular weight is 291 g/mol. The zero-order valence-corrected chi connectivity index (χ0v) is 12.3. The third-order valence-electron chi connectivity index (χ3n) is 3.54.